The van der Waals surface area contributed by atoms with Crippen LogP contribution in [-0.4, -0.2) is 13.2 Å². The molecule has 1 unspecified atom stereocenters. The fourth-order valence-corrected chi connectivity index (χ4v) is 1.84. The average molecular weight is 199 g/mol. The molecule has 0 bridgehead atoms. The highest BCUT2D eigenvalue weighted by molar-refractivity contribution is 6.30. The van der Waals surface area contributed by atoms with E-state index in [1.807, 2.05) is 13.0 Å². The monoisotopic (exact) mass is 198 g/mol. The van der Waals surface area contributed by atoms with Crippen LogP contribution in [0.2, 0.25) is 5.02 Å². The minimum atomic E-state index is 0.224. The molecule has 1 aliphatic rings. The van der Waals surface area contributed by atoms with Gasteiger partial charge in [-0.1, -0.05) is 11.6 Å². The molecular weight excluding hydrogens is 188 g/mol. The van der Waals surface area contributed by atoms with Gasteiger partial charge >= 0.3 is 0 Å². The number of rotatable bonds is 1. The highest BCUT2D eigenvalue weighted by Gasteiger charge is 2.23. The summed E-state index contributed by atoms with van der Waals surface area (Å²) in [7, 11) is 1.62. The Balaban J connectivity index is 2.50. The summed E-state index contributed by atoms with van der Waals surface area (Å²) < 4.78 is 10.8. The molecule has 1 heterocycles. The molecule has 0 aliphatic carbocycles. The van der Waals surface area contributed by atoms with Crippen molar-refractivity contribution >= 4 is 11.6 Å². The normalized spacial score (nSPS) is 19.5. The van der Waals surface area contributed by atoms with E-state index in [1.54, 1.807) is 13.2 Å². The van der Waals surface area contributed by atoms with Gasteiger partial charge in [0.25, 0.3) is 0 Å². The molecule has 1 atom stereocenters. The molecule has 1 aromatic rings. The molecule has 0 fully saturated rings. The van der Waals surface area contributed by atoms with E-state index in [9.17, 15) is 0 Å². The summed E-state index contributed by atoms with van der Waals surface area (Å²) in [6, 6.07) is 3.71. The standard InChI is InChI=1S/C10H11ClO2/c1-6-3-7-4-8(11)5-9(12-2)10(7)13-6/h4-6H,3H2,1-2H3. The summed E-state index contributed by atoms with van der Waals surface area (Å²) in [5.41, 5.74) is 1.14. The van der Waals surface area contributed by atoms with Gasteiger partial charge in [-0.2, -0.15) is 0 Å². The number of ether oxygens (including phenoxy) is 2. The summed E-state index contributed by atoms with van der Waals surface area (Å²) in [4.78, 5) is 0. The van der Waals surface area contributed by atoms with Crippen LogP contribution < -0.4 is 9.47 Å². The van der Waals surface area contributed by atoms with Crippen molar-refractivity contribution in [2.24, 2.45) is 0 Å². The first-order valence-electron chi connectivity index (χ1n) is 4.24. The first-order valence-corrected chi connectivity index (χ1v) is 4.61. The second-order valence-electron chi connectivity index (χ2n) is 3.23. The second-order valence-corrected chi connectivity index (χ2v) is 3.67. The largest absolute Gasteiger partial charge is 0.493 e. The second kappa shape index (κ2) is 3.11. The van der Waals surface area contributed by atoms with Crippen LogP contribution in [0.3, 0.4) is 0 Å². The van der Waals surface area contributed by atoms with Crippen molar-refractivity contribution in [3.8, 4) is 11.5 Å². The predicted molar refractivity (Wildman–Crippen MR) is 51.8 cm³/mol. The summed E-state index contributed by atoms with van der Waals surface area (Å²) in [6.07, 6.45) is 1.13. The quantitative estimate of drug-likeness (QED) is 0.691. The van der Waals surface area contributed by atoms with Gasteiger partial charge in [0, 0.05) is 23.1 Å². The van der Waals surface area contributed by atoms with E-state index in [-0.39, 0.29) is 6.10 Å². The third kappa shape index (κ3) is 1.46. The van der Waals surface area contributed by atoms with Crippen molar-refractivity contribution in [1.82, 2.24) is 0 Å². The Morgan fingerprint density at radius 3 is 3.00 bits per heavy atom. The molecule has 0 N–H and O–H groups in total. The molecular formula is C10H11ClO2. The Hall–Kier alpha value is -0.890. The number of hydrogen-bond donors (Lipinski definition) is 0. The maximum Gasteiger partial charge on any atom is 0.164 e. The molecule has 2 rings (SSSR count). The SMILES string of the molecule is COc1cc(Cl)cc2c1OC(C)C2. The lowest BCUT2D eigenvalue weighted by atomic mass is 10.1. The van der Waals surface area contributed by atoms with Gasteiger partial charge in [0.05, 0.1) is 7.11 Å². The zero-order valence-electron chi connectivity index (χ0n) is 7.63. The maximum absolute atomic E-state index is 5.92. The van der Waals surface area contributed by atoms with Crippen LogP contribution in [0.1, 0.15) is 12.5 Å². The Bertz CT molecular complexity index is 336. The van der Waals surface area contributed by atoms with E-state index in [2.05, 4.69) is 0 Å². The van der Waals surface area contributed by atoms with Gasteiger partial charge in [0.15, 0.2) is 11.5 Å². The zero-order chi connectivity index (χ0) is 9.42. The molecule has 1 aliphatic heterocycles. The number of benzene rings is 1. The highest BCUT2D eigenvalue weighted by Crippen LogP contribution is 2.39. The van der Waals surface area contributed by atoms with Crippen LogP contribution >= 0.6 is 11.6 Å². The zero-order valence-corrected chi connectivity index (χ0v) is 8.39. The molecule has 0 aromatic heterocycles. The lowest BCUT2D eigenvalue weighted by molar-refractivity contribution is 0.243. The van der Waals surface area contributed by atoms with E-state index >= 15 is 0 Å². The molecule has 70 valence electrons. The Morgan fingerprint density at radius 1 is 1.54 bits per heavy atom. The van der Waals surface area contributed by atoms with Gasteiger partial charge < -0.3 is 9.47 Å². The topological polar surface area (TPSA) is 18.5 Å². The van der Waals surface area contributed by atoms with Crippen molar-refractivity contribution < 1.29 is 9.47 Å². The smallest absolute Gasteiger partial charge is 0.164 e. The van der Waals surface area contributed by atoms with E-state index < -0.39 is 0 Å². The number of hydrogen-bond acceptors (Lipinski definition) is 2. The molecule has 13 heavy (non-hydrogen) atoms. The van der Waals surface area contributed by atoms with Gasteiger partial charge in [-0.05, 0) is 13.0 Å². The van der Waals surface area contributed by atoms with Crippen molar-refractivity contribution in [3.63, 3.8) is 0 Å². The minimum Gasteiger partial charge on any atom is -0.493 e. The van der Waals surface area contributed by atoms with Crippen molar-refractivity contribution in [3.05, 3.63) is 22.7 Å². The molecule has 0 radical (unpaired) electrons. The maximum atomic E-state index is 5.92. The van der Waals surface area contributed by atoms with Crippen LogP contribution in [-0.2, 0) is 6.42 Å². The summed E-state index contributed by atoms with van der Waals surface area (Å²) in [6.45, 7) is 2.04. The molecule has 0 saturated heterocycles. The first kappa shape index (κ1) is 8.70. The molecule has 0 saturated carbocycles. The third-order valence-corrected chi connectivity index (χ3v) is 2.36. The van der Waals surface area contributed by atoms with Crippen LogP contribution in [0.5, 0.6) is 11.5 Å². The van der Waals surface area contributed by atoms with E-state index in [1.165, 1.54) is 0 Å². The summed E-state index contributed by atoms with van der Waals surface area (Å²) in [5, 5.41) is 0.702. The van der Waals surface area contributed by atoms with E-state index in [0.29, 0.717) is 5.02 Å². The van der Waals surface area contributed by atoms with Gasteiger partial charge in [-0.3, -0.25) is 0 Å². The lowest BCUT2D eigenvalue weighted by Crippen LogP contribution is -2.05. The molecule has 2 nitrogen and oxygen atoms in total. The van der Waals surface area contributed by atoms with Crippen molar-refractivity contribution in [2.75, 3.05) is 7.11 Å². The molecule has 0 spiro atoms. The molecule has 0 amide bonds. The average Bonchev–Trinajstić information content (AvgIpc) is 2.43. The van der Waals surface area contributed by atoms with Gasteiger partial charge in [-0.15, -0.1) is 0 Å². The van der Waals surface area contributed by atoms with Crippen molar-refractivity contribution in [1.29, 1.82) is 0 Å². The van der Waals surface area contributed by atoms with Gasteiger partial charge in [0.1, 0.15) is 6.10 Å². The summed E-state index contributed by atoms with van der Waals surface area (Å²) >= 11 is 5.92. The fraction of sp³-hybridized carbons (Fsp3) is 0.400. The number of halogens is 1. The van der Waals surface area contributed by atoms with Gasteiger partial charge in [0.2, 0.25) is 0 Å². The van der Waals surface area contributed by atoms with Crippen LogP contribution in [0.15, 0.2) is 12.1 Å². The van der Waals surface area contributed by atoms with Crippen LogP contribution in [0.4, 0.5) is 0 Å². The first-order chi connectivity index (χ1) is 6.20. The van der Waals surface area contributed by atoms with Crippen LogP contribution in [0.25, 0.3) is 0 Å². The third-order valence-electron chi connectivity index (χ3n) is 2.14. The Kier molecular flexibility index (Phi) is 2.08. The number of fused-ring (bicyclic) bond motifs is 1. The molecule has 1 aromatic carbocycles. The van der Waals surface area contributed by atoms with Crippen molar-refractivity contribution in [2.45, 2.75) is 19.4 Å². The highest BCUT2D eigenvalue weighted by atomic mass is 35.5. The number of methoxy groups -OCH3 is 1. The Morgan fingerprint density at radius 2 is 2.31 bits per heavy atom. The fourth-order valence-electron chi connectivity index (χ4n) is 1.61. The van der Waals surface area contributed by atoms with E-state index in [0.717, 1.165) is 23.5 Å². The lowest BCUT2D eigenvalue weighted by Gasteiger charge is -2.08. The van der Waals surface area contributed by atoms with E-state index in [4.69, 9.17) is 21.1 Å². The summed E-state index contributed by atoms with van der Waals surface area (Å²) in [5.74, 6) is 1.58. The van der Waals surface area contributed by atoms with Crippen LogP contribution in [0, 0.1) is 0 Å². The molecule has 3 heteroatoms. The Labute approximate surface area is 82.4 Å². The predicted octanol–water partition coefficient (Wildman–Crippen LogP) is 2.67. The van der Waals surface area contributed by atoms with Gasteiger partial charge in [-0.25, -0.2) is 0 Å². The minimum absolute atomic E-state index is 0.224.